The average molecular weight is 285 g/mol. The van der Waals surface area contributed by atoms with Crippen LogP contribution in [0.15, 0.2) is 22.7 Å². The van der Waals surface area contributed by atoms with Crippen molar-refractivity contribution in [1.29, 1.82) is 0 Å². The lowest BCUT2D eigenvalue weighted by Crippen LogP contribution is -2.34. The molecule has 1 aromatic rings. The lowest BCUT2D eigenvalue weighted by atomic mass is 9.93. The number of benzene rings is 1. The summed E-state index contributed by atoms with van der Waals surface area (Å²) < 4.78 is 0.590. The largest absolute Gasteiger partial charge is 0.310 e. The van der Waals surface area contributed by atoms with E-state index < -0.39 is 0 Å². The fourth-order valence-corrected chi connectivity index (χ4v) is 2.26. The van der Waals surface area contributed by atoms with Crippen molar-refractivity contribution < 1.29 is 4.92 Å². The van der Waals surface area contributed by atoms with Gasteiger partial charge in [0, 0.05) is 18.7 Å². The molecule has 0 saturated heterocycles. The zero-order chi connectivity index (χ0) is 11.5. The molecule has 1 aliphatic rings. The van der Waals surface area contributed by atoms with Crippen LogP contribution in [0.1, 0.15) is 24.8 Å². The molecule has 86 valence electrons. The van der Waals surface area contributed by atoms with Crippen molar-refractivity contribution in [1.82, 2.24) is 5.32 Å². The summed E-state index contributed by atoms with van der Waals surface area (Å²) in [5, 5.41) is 14.1. The molecule has 5 heteroatoms. The Morgan fingerprint density at radius 1 is 1.50 bits per heavy atom. The lowest BCUT2D eigenvalue weighted by Gasteiger charge is -2.26. The maximum absolute atomic E-state index is 10.7. The molecular formula is C11H13BrN2O2. The zero-order valence-electron chi connectivity index (χ0n) is 8.78. The van der Waals surface area contributed by atoms with Gasteiger partial charge in [0.25, 0.3) is 5.69 Å². The van der Waals surface area contributed by atoms with Gasteiger partial charge in [-0.15, -0.1) is 0 Å². The summed E-state index contributed by atoms with van der Waals surface area (Å²) in [6, 6.07) is 5.73. The van der Waals surface area contributed by atoms with Gasteiger partial charge >= 0.3 is 0 Å². The first-order chi connectivity index (χ1) is 7.68. The Labute approximate surface area is 102 Å². The van der Waals surface area contributed by atoms with Gasteiger partial charge in [-0.05, 0) is 34.3 Å². The normalized spacial score (nSPS) is 15.8. The van der Waals surface area contributed by atoms with Crippen LogP contribution in [-0.2, 0) is 6.54 Å². The topological polar surface area (TPSA) is 55.2 Å². The van der Waals surface area contributed by atoms with Gasteiger partial charge in [-0.25, -0.2) is 0 Å². The highest BCUT2D eigenvalue weighted by Gasteiger charge is 2.18. The van der Waals surface area contributed by atoms with E-state index in [4.69, 9.17) is 0 Å². The van der Waals surface area contributed by atoms with Gasteiger partial charge in [0.2, 0.25) is 0 Å². The molecule has 1 N–H and O–H groups in total. The highest BCUT2D eigenvalue weighted by molar-refractivity contribution is 9.10. The Morgan fingerprint density at radius 2 is 2.25 bits per heavy atom. The Bertz CT molecular complexity index is 405. The molecule has 1 aliphatic carbocycles. The predicted molar refractivity (Wildman–Crippen MR) is 65.3 cm³/mol. The van der Waals surface area contributed by atoms with Crippen LogP contribution in [0.2, 0.25) is 0 Å². The second-order valence-corrected chi connectivity index (χ2v) is 4.81. The number of hydrogen-bond donors (Lipinski definition) is 1. The van der Waals surface area contributed by atoms with Crippen LogP contribution in [0.4, 0.5) is 5.69 Å². The molecule has 4 nitrogen and oxygen atoms in total. The summed E-state index contributed by atoms with van der Waals surface area (Å²) in [6.45, 7) is 0.687. The van der Waals surface area contributed by atoms with Crippen molar-refractivity contribution in [3.63, 3.8) is 0 Å². The second-order valence-electron chi connectivity index (χ2n) is 4.02. The van der Waals surface area contributed by atoms with Gasteiger partial charge in [0.15, 0.2) is 0 Å². The van der Waals surface area contributed by atoms with Crippen LogP contribution in [-0.4, -0.2) is 11.0 Å². The first kappa shape index (κ1) is 11.5. The molecule has 1 fully saturated rings. The minimum absolute atomic E-state index is 0.132. The molecule has 1 saturated carbocycles. The first-order valence-corrected chi connectivity index (χ1v) is 6.13. The molecule has 16 heavy (non-hydrogen) atoms. The van der Waals surface area contributed by atoms with Gasteiger partial charge < -0.3 is 5.32 Å². The quantitative estimate of drug-likeness (QED) is 0.683. The standard InChI is InChI=1S/C11H13BrN2O2/c12-11-8(7-13-9-4-2-5-9)3-1-6-10(11)14(15)16/h1,3,6,9,13H,2,4-5,7H2. The summed E-state index contributed by atoms with van der Waals surface area (Å²) in [6.07, 6.45) is 3.72. The zero-order valence-corrected chi connectivity index (χ0v) is 10.4. The first-order valence-electron chi connectivity index (χ1n) is 5.33. The van der Waals surface area contributed by atoms with Gasteiger partial charge in [-0.2, -0.15) is 0 Å². The Kier molecular flexibility index (Phi) is 3.56. The van der Waals surface area contributed by atoms with Gasteiger partial charge in [-0.1, -0.05) is 18.6 Å². The smallest absolute Gasteiger partial charge is 0.283 e. The van der Waals surface area contributed by atoms with Gasteiger partial charge in [-0.3, -0.25) is 10.1 Å². The monoisotopic (exact) mass is 284 g/mol. The Morgan fingerprint density at radius 3 is 2.81 bits per heavy atom. The second kappa shape index (κ2) is 4.93. The molecule has 0 bridgehead atoms. The molecule has 0 aliphatic heterocycles. The van der Waals surface area contributed by atoms with Crippen molar-refractivity contribution in [3.8, 4) is 0 Å². The summed E-state index contributed by atoms with van der Waals surface area (Å²) in [5.74, 6) is 0. The van der Waals surface area contributed by atoms with E-state index >= 15 is 0 Å². The van der Waals surface area contributed by atoms with Crippen molar-refractivity contribution in [2.75, 3.05) is 0 Å². The van der Waals surface area contributed by atoms with E-state index in [0.29, 0.717) is 17.1 Å². The minimum atomic E-state index is -0.364. The molecule has 0 spiro atoms. The van der Waals surface area contributed by atoms with E-state index in [-0.39, 0.29) is 10.6 Å². The summed E-state index contributed by atoms with van der Waals surface area (Å²) in [4.78, 5) is 10.4. The molecule has 1 aromatic carbocycles. The molecule has 0 atom stereocenters. The van der Waals surface area contributed by atoms with E-state index in [2.05, 4.69) is 21.2 Å². The number of nitrogens with one attached hydrogen (secondary N) is 1. The van der Waals surface area contributed by atoms with Crippen LogP contribution in [0.25, 0.3) is 0 Å². The van der Waals surface area contributed by atoms with E-state index in [1.807, 2.05) is 6.07 Å². The fourth-order valence-electron chi connectivity index (χ4n) is 1.71. The Hall–Kier alpha value is -0.940. The van der Waals surface area contributed by atoms with Crippen LogP contribution >= 0.6 is 15.9 Å². The molecule has 2 rings (SSSR count). The molecule has 0 amide bonds. The predicted octanol–water partition coefficient (Wildman–Crippen LogP) is 3.00. The highest BCUT2D eigenvalue weighted by atomic mass is 79.9. The van der Waals surface area contributed by atoms with Crippen LogP contribution in [0.3, 0.4) is 0 Å². The van der Waals surface area contributed by atoms with Crippen LogP contribution in [0, 0.1) is 10.1 Å². The number of hydrogen-bond acceptors (Lipinski definition) is 3. The average Bonchev–Trinajstić information content (AvgIpc) is 2.17. The van der Waals surface area contributed by atoms with E-state index in [1.54, 1.807) is 6.07 Å². The molecule has 0 aromatic heterocycles. The number of nitro benzene ring substituents is 1. The third-order valence-electron chi connectivity index (χ3n) is 2.94. The van der Waals surface area contributed by atoms with Crippen molar-refractivity contribution >= 4 is 21.6 Å². The van der Waals surface area contributed by atoms with Crippen LogP contribution < -0.4 is 5.32 Å². The van der Waals surface area contributed by atoms with Gasteiger partial charge in [0.1, 0.15) is 0 Å². The van der Waals surface area contributed by atoms with Crippen molar-refractivity contribution in [2.24, 2.45) is 0 Å². The SMILES string of the molecule is O=[N+]([O-])c1cccc(CNC2CCC2)c1Br. The summed E-state index contributed by atoms with van der Waals surface area (Å²) in [5.41, 5.74) is 1.08. The maximum atomic E-state index is 10.7. The third kappa shape index (κ3) is 2.41. The van der Waals surface area contributed by atoms with E-state index in [1.165, 1.54) is 25.3 Å². The number of nitro groups is 1. The van der Waals surface area contributed by atoms with Crippen molar-refractivity contribution in [2.45, 2.75) is 31.8 Å². The Balaban J connectivity index is 2.07. The molecule has 0 heterocycles. The molecular weight excluding hydrogens is 272 g/mol. The van der Waals surface area contributed by atoms with E-state index in [9.17, 15) is 10.1 Å². The maximum Gasteiger partial charge on any atom is 0.283 e. The van der Waals surface area contributed by atoms with Crippen LogP contribution in [0.5, 0.6) is 0 Å². The third-order valence-corrected chi connectivity index (χ3v) is 3.86. The number of halogens is 1. The van der Waals surface area contributed by atoms with Crippen molar-refractivity contribution in [3.05, 3.63) is 38.3 Å². The minimum Gasteiger partial charge on any atom is -0.310 e. The van der Waals surface area contributed by atoms with Gasteiger partial charge in [0.05, 0.1) is 9.40 Å². The molecule has 0 radical (unpaired) electrons. The number of nitrogens with zero attached hydrogens (tertiary/aromatic N) is 1. The number of rotatable bonds is 4. The molecule has 0 unspecified atom stereocenters. The summed E-state index contributed by atoms with van der Waals surface area (Å²) in [7, 11) is 0. The fraction of sp³-hybridized carbons (Fsp3) is 0.455. The van der Waals surface area contributed by atoms with E-state index in [0.717, 1.165) is 5.56 Å². The lowest BCUT2D eigenvalue weighted by molar-refractivity contribution is -0.385. The highest BCUT2D eigenvalue weighted by Crippen LogP contribution is 2.28. The summed E-state index contributed by atoms with van der Waals surface area (Å²) >= 11 is 3.29.